The summed E-state index contributed by atoms with van der Waals surface area (Å²) in [5.41, 5.74) is -1.19. The molecule has 1 aliphatic heterocycles. The fraction of sp³-hybridized carbons (Fsp3) is 0.444. The SMILES string of the molecule is O=c1[nH]c(=O)n([C@H]2CC[C@@H]([CH]O)O2)cc1Cl. The molecule has 1 aromatic rings. The van der Waals surface area contributed by atoms with Gasteiger partial charge in [-0.15, -0.1) is 0 Å². The smallest absolute Gasteiger partial charge is 0.330 e. The molecule has 16 heavy (non-hydrogen) atoms. The van der Waals surface area contributed by atoms with Crippen LogP contribution in [0.1, 0.15) is 19.1 Å². The number of ether oxygens (including phenoxy) is 1. The van der Waals surface area contributed by atoms with Crippen LogP contribution in [0.25, 0.3) is 0 Å². The van der Waals surface area contributed by atoms with Gasteiger partial charge >= 0.3 is 5.69 Å². The number of nitrogens with zero attached hydrogens (tertiary/aromatic N) is 1. The van der Waals surface area contributed by atoms with Gasteiger partial charge < -0.3 is 9.84 Å². The van der Waals surface area contributed by atoms with Crippen molar-refractivity contribution in [3.05, 3.63) is 38.7 Å². The second-order valence-electron chi connectivity index (χ2n) is 3.50. The van der Waals surface area contributed by atoms with Crippen LogP contribution in [0.15, 0.2) is 15.8 Å². The summed E-state index contributed by atoms with van der Waals surface area (Å²) in [6.45, 7) is 0.943. The third kappa shape index (κ3) is 2.04. The Hall–Kier alpha value is -1.11. The van der Waals surface area contributed by atoms with E-state index in [2.05, 4.69) is 4.98 Å². The molecule has 0 saturated carbocycles. The fourth-order valence-corrected chi connectivity index (χ4v) is 1.79. The van der Waals surface area contributed by atoms with Gasteiger partial charge in [0.15, 0.2) is 0 Å². The number of aliphatic hydroxyl groups excluding tert-OH is 1. The normalized spacial score (nSPS) is 24.9. The monoisotopic (exact) mass is 245 g/mol. The molecule has 0 bridgehead atoms. The lowest BCUT2D eigenvalue weighted by Crippen LogP contribution is -2.32. The lowest BCUT2D eigenvalue weighted by molar-refractivity contribution is -0.00424. The Bertz CT molecular complexity index is 495. The van der Waals surface area contributed by atoms with Crippen LogP contribution < -0.4 is 11.2 Å². The molecule has 2 N–H and O–H groups in total. The van der Waals surface area contributed by atoms with E-state index in [1.54, 1.807) is 0 Å². The van der Waals surface area contributed by atoms with Crippen molar-refractivity contribution >= 4 is 11.6 Å². The van der Waals surface area contributed by atoms with Gasteiger partial charge in [-0.1, -0.05) is 11.6 Å². The van der Waals surface area contributed by atoms with E-state index in [0.29, 0.717) is 12.8 Å². The molecular weight excluding hydrogens is 236 g/mol. The zero-order valence-corrected chi connectivity index (χ0v) is 8.98. The Labute approximate surface area is 95.4 Å². The summed E-state index contributed by atoms with van der Waals surface area (Å²) in [4.78, 5) is 24.6. The minimum absolute atomic E-state index is 0.0698. The van der Waals surface area contributed by atoms with Crippen molar-refractivity contribution in [1.29, 1.82) is 0 Å². The standard InChI is InChI=1S/C9H10ClN2O4/c10-6-3-12(9(15)11-8(6)14)7-2-1-5(4-13)16-7/h3-5,7,13H,1-2H2,(H,11,14,15)/t5-,7+/m0/s1. The first-order valence-corrected chi connectivity index (χ1v) is 5.13. The first kappa shape index (κ1) is 11.4. The Morgan fingerprint density at radius 3 is 2.94 bits per heavy atom. The number of hydrogen-bond donors (Lipinski definition) is 2. The second kappa shape index (κ2) is 4.40. The van der Waals surface area contributed by atoms with E-state index in [-0.39, 0.29) is 11.1 Å². The van der Waals surface area contributed by atoms with E-state index >= 15 is 0 Å². The predicted molar refractivity (Wildman–Crippen MR) is 55.7 cm³/mol. The lowest BCUT2D eigenvalue weighted by atomic mass is 10.2. The fourth-order valence-electron chi connectivity index (χ4n) is 1.63. The highest BCUT2D eigenvalue weighted by molar-refractivity contribution is 6.30. The van der Waals surface area contributed by atoms with Crippen LogP contribution in [-0.2, 0) is 4.74 Å². The first-order valence-electron chi connectivity index (χ1n) is 4.76. The predicted octanol–water partition coefficient (Wildman–Crippen LogP) is 0.402. The molecule has 1 saturated heterocycles. The second-order valence-corrected chi connectivity index (χ2v) is 3.91. The van der Waals surface area contributed by atoms with Crippen molar-refractivity contribution in [2.75, 3.05) is 0 Å². The van der Waals surface area contributed by atoms with Gasteiger partial charge in [-0.3, -0.25) is 14.3 Å². The van der Waals surface area contributed by atoms with Gasteiger partial charge in [0.1, 0.15) is 17.9 Å². The molecule has 2 atom stereocenters. The van der Waals surface area contributed by atoms with Crippen molar-refractivity contribution in [2.45, 2.75) is 25.2 Å². The highest BCUT2D eigenvalue weighted by Crippen LogP contribution is 2.27. The van der Waals surface area contributed by atoms with Gasteiger partial charge in [0, 0.05) is 6.20 Å². The Balaban J connectivity index is 2.32. The lowest BCUT2D eigenvalue weighted by Gasteiger charge is -2.14. The van der Waals surface area contributed by atoms with Gasteiger partial charge in [0.25, 0.3) is 5.56 Å². The molecule has 1 fully saturated rings. The van der Waals surface area contributed by atoms with Crippen LogP contribution in [0.5, 0.6) is 0 Å². The quantitative estimate of drug-likeness (QED) is 0.790. The van der Waals surface area contributed by atoms with Gasteiger partial charge in [-0.25, -0.2) is 4.79 Å². The van der Waals surface area contributed by atoms with Crippen molar-refractivity contribution in [3.8, 4) is 0 Å². The van der Waals surface area contributed by atoms with E-state index in [1.807, 2.05) is 0 Å². The summed E-state index contributed by atoms with van der Waals surface area (Å²) in [5, 5.41) is 8.71. The van der Waals surface area contributed by atoms with Crippen molar-refractivity contribution < 1.29 is 9.84 Å². The van der Waals surface area contributed by atoms with Crippen molar-refractivity contribution in [2.24, 2.45) is 0 Å². The molecular formula is C9H10ClN2O4. The van der Waals surface area contributed by atoms with Gasteiger partial charge in [0.2, 0.25) is 0 Å². The van der Waals surface area contributed by atoms with Crippen LogP contribution in [0.4, 0.5) is 0 Å². The first-order chi connectivity index (χ1) is 7.61. The van der Waals surface area contributed by atoms with E-state index < -0.39 is 17.5 Å². The van der Waals surface area contributed by atoms with Crippen LogP contribution in [-0.4, -0.2) is 20.8 Å². The number of aliphatic hydroxyl groups is 1. The summed E-state index contributed by atoms with van der Waals surface area (Å²) < 4.78 is 6.56. The van der Waals surface area contributed by atoms with Gasteiger partial charge in [0.05, 0.1) is 6.10 Å². The number of nitrogens with one attached hydrogen (secondary N) is 1. The number of aromatic amines is 1. The molecule has 87 valence electrons. The van der Waals surface area contributed by atoms with Crippen LogP contribution >= 0.6 is 11.6 Å². The average Bonchev–Trinajstić information content (AvgIpc) is 2.71. The summed E-state index contributed by atoms with van der Waals surface area (Å²) in [5.74, 6) is 0. The average molecular weight is 246 g/mol. The molecule has 7 heteroatoms. The van der Waals surface area contributed by atoms with Crippen LogP contribution in [0.2, 0.25) is 5.02 Å². The summed E-state index contributed by atoms with van der Waals surface area (Å²) in [6.07, 6.45) is 1.54. The topological polar surface area (TPSA) is 84.3 Å². The maximum atomic E-state index is 11.5. The highest BCUT2D eigenvalue weighted by atomic mass is 35.5. The number of rotatable bonds is 2. The number of H-pyrrole nitrogens is 1. The summed E-state index contributed by atoms with van der Waals surface area (Å²) >= 11 is 5.62. The maximum absolute atomic E-state index is 11.5. The highest BCUT2D eigenvalue weighted by Gasteiger charge is 2.27. The van der Waals surface area contributed by atoms with E-state index in [1.165, 1.54) is 10.8 Å². The molecule has 0 amide bonds. The van der Waals surface area contributed by atoms with E-state index in [9.17, 15) is 9.59 Å². The van der Waals surface area contributed by atoms with Gasteiger partial charge in [-0.05, 0) is 12.8 Å². The van der Waals surface area contributed by atoms with Crippen molar-refractivity contribution in [1.82, 2.24) is 9.55 Å². The zero-order valence-electron chi connectivity index (χ0n) is 8.22. The van der Waals surface area contributed by atoms with Crippen molar-refractivity contribution in [3.63, 3.8) is 0 Å². The molecule has 0 aromatic carbocycles. The minimum Gasteiger partial charge on any atom is -0.388 e. The number of hydrogen-bond acceptors (Lipinski definition) is 4. The van der Waals surface area contributed by atoms with E-state index in [4.69, 9.17) is 21.4 Å². The summed E-state index contributed by atoms with van der Waals surface area (Å²) in [6, 6.07) is 0. The molecule has 2 heterocycles. The zero-order chi connectivity index (χ0) is 11.7. The molecule has 1 radical (unpaired) electrons. The van der Waals surface area contributed by atoms with Crippen LogP contribution in [0.3, 0.4) is 0 Å². The third-order valence-corrected chi connectivity index (χ3v) is 2.70. The molecule has 1 aromatic heterocycles. The third-order valence-electron chi connectivity index (χ3n) is 2.43. The Morgan fingerprint density at radius 2 is 2.31 bits per heavy atom. The molecule has 0 aliphatic carbocycles. The molecule has 1 aliphatic rings. The molecule has 0 spiro atoms. The Kier molecular flexibility index (Phi) is 3.13. The maximum Gasteiger partial charge on any atom is 0.330 e. The molecule has 6 nitrogen and oxygen atoms in total. The summed E-state index contributed by atoms with van der Waals surface area (Å²) in [7, 11) is 0. The van der Waals surface area contributed by atoms with Crippen LogP contribution in [0, 0.1) is 6.61 Å². The number of halogens is 1. The molecule has 2 rings (SSSR count). The largest absolute Gasteiger partial charge is 0.388 e. The van der Waals surface area contributed by atoms with E-state index in [0.717, 1.165) is 6.61 Å². The minimum atomic E-state index is -0.619. The van der Waals surface area contributed by atoms with Gasteiger partial charge in [-0.2, -0.15) is 0 Å². The number of aromatic nitrogens is 2. The molecule has 0 unspecified atom stereocenters. The Morgan fingerprint density at radius 1 is 1.56 bits per heavy atom.